The van der Waals surface area contributed by atoms with Gasteiger partial charge in [-0.1, -0.05) is 12.1 Å². The van der Waals surface area contributed by atoms with Crippen molar-refractivity contribution in [2.45, 2.75) is 26.0 Å². The Hall–Kier alpha value is -2.86. The number of pyridine rings is 1. The van der Waals surface area contributed by atoms with Crippen LogP contribution < -0.4 is 5.32 Å². The first-order chi connectivity index (χ1) is 12.0. The highest BCUT2D eigenvalue weighted by atomic mass is 19.1. The van der Waals surface area contributed by atoms with Gasteiger partial charge in [0, 0.05) is 29.7 Å². The molecule has 0 aliphatic heterocycles. The van der Waals surface area contributed by atoms with E-state index in [9.17, 15) is 9.50 Å². The topological polar surface area (TPSA) is 70.9 Å². The first kappa shape index (κ1) is 17.0. The quantitative estimate of drug-likeness (QED) is 0.745. The third-order valence-corrected chi connectivity index (χ3v) is 3.85. The summed E-state index contributed by atoms with van der Waals surface area (Å²) >= 11 is 0. The van der Waals surface area contributed by atoms with Crippen LogP contribution in [0.15, 0.2) is 54.9 Å². The van der Waals surface area contributed by atoms with Crippen LogP contribution in [0.4, 0.5) is 10.2 Å². The van der Waals surface area contributed by atoms with Gasteiger partial charge in [0.05, 0.1) is 12.1 Å². The lowest BCUT2D eigenvalue weighted by Crippen LogP contribution is -2.24. The lowest BCUT2D eigenvalue weighted by molar-refractivity contribution is 0.160. The molecule has 5 nitrogen and oxygen atoms in total. The second-order valence-corrected chi connectivity index (χ2v) is 5.88. The molecule has 0 spiro atoms. The molecule has 0 saturated carbocycles. The Kier molecular flexibility index (Phi) is 5.00. The van der Waals surface area contributed by atoms with Crippen LogP contribution in [0.5, 0.6) is 0 Å². The molecule has 0 fully saturated rings. The van der Waals surface area contributed by atoms with Gasteiger partial charge in [-0.15, -0.1) is 0 Å². The van der Waals surface area contributed by atoms with E-state index in [1.54, 1.807) is 24.5 Å². The Morgan fingerprint density at radius 2 is 1.72 bits per heavy atom. The highest BCUT2D eigenvalue weighted by Crippen LogP contribution is 2.22. The lowest BCUT2D eigenvalue weighted by Gasteiger charge is -2.21. The first-order valence-corrected chi connectivity index (χ1v) is 7.99. The molecule has 1 aromatic carbocycles. The van der Waals surface area contributed by atoms with Crippen molar-refractivity contribution in [2.75, 3.05) is 5.32 Å². The summed E-state index contributed by atoms with van der Waals surface area (Å²) in [5.41, 5.74) is 2.32. The number of nitrogens with zero attached hydrogens (tertiary/aromatic N) is 3. The van der Waals surface area contributed by atoms with Gasteiger partial charge in [-0.05, 0) is 43.7 Å². The first-order valence-electron chi connectivity index (χ1n) is 7.99. The zero-order valence-electron chi connectivity index (χ0n) is 14.0. The van der Waals surface area contributed by atoms with Crippen LogP contribution in [0.2, 0.25) is 0 Å². The van der Waals surface area contributed by atoms with Crippen molar-refractivity contribution in [3.63, 3.8) is 0 Å². The molecule has 6 heteroatoms. The Balaban J connectivity index is 1.80. The van der Waals surface area contributed by atoms with E-state index in [0.29, 0.717) is 17.2 Å². The van der Waals surface area contributed by atoms with E-state index in [0.717, 1.165) is 11.3 Å². The van der Waals surface area contributed by atoms with Gasteiger partial charge in [-0.2, -0.15) is 0 Å². The molecular formula is C19H19FN4O. The fourth-order valence-corrected chi connectivity index (χ4v) is 2.53. The number of aliphatic hydroxyl groups is 1. The Morgan fingerprint density at radius 1 is 1.04 bits per heavy atom. The molecule has 0 saturated heterocycles. The van der Waals surface area contributed by atoms with E-state index in [2.05, 4.69) is 20.3 Å². The number of rotatable bonds is 5. The van der Waals surface area contributed by atoms with Crippen molar-refractivity contribution in [2.24, 2.45) is 0 Å². The molecule has 0 amide bonds. The molecule has 2 atom stereocenters. The smallest absolute Gasteiger partial charge is 0.161 e. The largest absolute Gasteiger partial charge is 0.386 e. The molecule has 25 heavy (non-hydrogen) atoms. The zero-order valence-corrected chi connectivity index (χ0v) is 14.0. The van der Waals surface area contributed by atoms with Gasteiger partial charge in [0.25, 0.3) is 0 Å². The van der Waals surface area contributed by atoms with E-state index in [4.69, 9.17) is 0 Å². The Labute approximate surface area is 145 Å². The minimum absolute atomic E-state index is 0.315. The van der Waals surface area contributed by atoms with E-state index in [1.165, 1.54) is 12.1 Å². The molecule has 2 N–H and O–H groups in total. The van der Waals surface area contributed by atoms with Crippen molar-refractivity contribution in [3.8, 4) is 11.4 Å². The lowest BCUT2D eigenvalue weighted by atomic mass is 10.0. The second-order valence-electron chi connectivity index (χ2n) is 5.88. The third kappa shape index (κ3) is 4.16. The number of hydrogen-bond acceptors (Lipinski definition) is 5. The molecular weight excluding hydrogens is 319 g/mol. The van der Waals surface area contributed by atoms with E-state index >= 15 is 0 Å². The number of aryl methyl sites for hydroxylation is 1. The normalized spacial score (nSPS) is 13.3. The maximum atomic E-state index is 13.0. The zero-order chi connectivity index (χ0) is 17.8. The van der Waals surface area contributed by atoms with Crippen molar-refractivity contribution in [1.82, 2.24) is 15.0 Å². The summed E-state index contributed by atoms with van der Waals surface area (Å²) in [5.74, 6) is 0.881. The molecule has 3 aromatic rings. The number of nitrogens with one attached hydrogen (secondary N) is 1. The van der Waals surface area contributed by atoms with Crippen molar-refractivity contribution < 1.29 is 9.50 Å². The summed E-state index contributed by atoms with van der Waals surface area (Å²) in [5, 5.41) is 13.7. The number of aliphatic hydroxyl groups excluding tert-OH is 1. The molecule has 0 aliphatic rings. The summed E-state index contributed by atoms with van der Waals surface area (Å²) in [4.78, 5) is 13.0. The average Bonchev–Trinajstić information content (AvgIpc) is 2.62. The fraction of sp³-hybridized carbons (Fsp3) is 0.211. The summed E-state index contributed by atoms with van der Waals surface area (Å²) < 4.78 is 13.0. The second kappa shape index (κ2) is 7.36. The molecule has 3 rings (SSSR count). The van der Waals surface area contributed by atoms with Gasteiger partial charge in [0.1, 0.15) is 11.6 Å². The minimum atomic E-state index is -0.791. The highest BCUT2D eigenvalue weighted by Gasteiger charge is 2.17. The van der Waals surface area contributed by atoms with Gasteiger partial charge in [-0.3, -0.25) is 4.98 Å². The number of anilines is 1. The molecule has 2 aromatic heterocycles. The summed E-state index contributed by atoms with van der Waals surface area (Å²) in [6, 6.07) is 11.0. The van der Waals surface area contributed by atoms with Crippen LogP contribution in [0.25, 0.3) is 11.4 Å². The Bertz CT molecular complexity index is 840. The monoisotopic (exact) mass is 338 g/mol. The van der Waals surface area contributed by atoms with Crippen molar-refractivity contribution in [3.05, 3.63) is 71.9 Å². The molecule has 2 heterocycles. The number of halogens is 1. The van der Waals surface area contributed by atoms with Crippen molar-refractivity contribution in [1.29, 1.82) is 0 Å². The van der Waals surface area contributed by atoms with Crippen molar-refractivity contribution >= 4 is 5.82 Å². The third-order valence-electron chi connectivity index (χ3n) is 3.85. The summed E-state index contributed by atoms with van der Waals surface area (Å²) in [7, 11) is 0. The summed E-state index contributed by atoms with van der Waals surface area (Å²) in [6.07, 6.45) is 2.59. The number of benzene rings is 1. The molecule has 0 radical (unpaired) electrons. The van der Waals surface area contributed by atoms with Crippen LogP contribution >= 0.6 is 0 Å². The Morgan fingerprint density at radius 3 is 2.40 bits per heavy atom. The van der Waals surface area contributed by atoms with Crippen LogP contribution in [-0.2, 0) is 0 Å². The van der Waals surface area contributed by atoms with Crippen LogP contribution in [-0.4, -0.2) is 26.1 Å². The van der Waals surface area contributed by atoms with Crippen LogP contribution in [0.3, 0.4) is 0 Å². The summed E-state index contributed by atoms with van der Waals surface area (Å²) in [6.45, 7) is 3.73. The predicted octanol–water partition coefficient (Wildman–Crippen LogP) is 3.52. The molecule has 2 unspecified atom stereocenters. The molecule has 128 valence electrons. The van der Waals surface area contributed by atoms with Gasteiger partial charge in [-0.25, -0.2) is 14.4 Å². The van der Waals surface area contributed by atoms with E-state index in [-0.39, 0.29) is 11.9 Å². The SMILES string of the molecule is Cc1cc(NC(C)C(O)c2ccc(F)cc2)nc(-c2ccncc2)n1. The predicted molar refractivity (Wildman–Crippen MR) is 94.4 cm³/mol. The maximum absolute atomic E-state index is 13.0. The highest BCUT2D eigenvalue weighted by molar-refractivity contribution is 5.56. The molecule has 0 aliphatic carbocycles. The molecule has 0 bridgehead atoms. The van der Waals surface area contributed by atoms with E-state index < -0.39 is 6.10 Å². The number of hydrogen-bond donors (Lipinski definition) is 2. The van der Waals surface area contributed by atoms with Crippen LogP contribution in [0.1, 0.15) is 24.3 Å². The minimum Gasteiger partial charge on any atom is -0.386 e. The van der Waals surface area contributed by atoms with Gasteiger partial charge in [0.15, 0.2) is 5.82 Å². The maximum Gasteiger partial charge on any atom is 0.161 e. The van der Waals surface area contributed by atoms with Gasteiger partial charge in [0.2, 0.25) is 0 Å². The van der Waals surface area contributed by atoms with Gasteiger partial charge < -0.3 is 10.4 Å². The average molecular weight is 338 g/mol. The van der Waals surface area contributed by atoms with Crippen LogP contribution in [0, 0.1) is 12.7 Å². The van der Waals surface area contributed by atoms with Gasteiger partial charge >= 0.3 is 0 Å². The fourth-order valence-electron chi connectivity index (χ4n) is 2.53. The number of aromatic nitrogens is 3. The standard InChI is InChI=1S/C19H19FN4O/c1-12-11-17(24-19(22-12)15-7-9-21-10-8-15)23-13(2)18(25)14-3-5-16(20)6-4-14/h3-11,13,18,25H,1-2H3,(H,22,23,24). The van der Waals surface area contributed by atoms with E-state index in [1.807, 2.05) is 32.0 Å².